The Hall–Kier alpha value is -1.35. The summed E-state index contributed by atoms with van der Waals surface area (Å²) in [5, 5.41) is 11.9. The van der Waals surface area contributed by atoms with Gasteiger partial charge in [0.25, 0.3) is 0 Å². The molecule has 1 unspecified atom stereocenters. The maximum Gasteiger partial charge on any atom is 0.303 e. The molecule has 17 heavy (non-hydrogen) atoms. The minimum absolute atomic E-state index is 0.258. The molecule has 2 rings (SSSR count). The van der Waals surface area contributed by atoms with Gasteiger partial charge < -0.3 is 10.4 Å². The summed E-state index contributed by atoms with van der Waals surface area (Å²) in [6.07, 6.45) is 3.06. The summed E-state index contributed by atoms with van der Waals surface area (Å²) < 4.78 is 0. The van der Waals surface area contributed by atoms with Gasteiger partial charge >= 0.3 is 5.97 Å². The number of nitrogens with one attached hydrogen (secondary N) is 1. The molecule has 1 fully saturated rings. The van der Waals surface area contributed by atoms with E-state index in [0.717, 1.165) is 25.9 Å². The van der Waals surface area contributed by atoms with Crippen molar-refractivity contribution in [3.63, 3.8) is 0 Å². The van der Waals surface area contributed by atoms with Gasteiger partial charge in [-0.15, -0.1) is 0 Å². The predicted molar refractivity (Wildman–Crippen MR) is 67.2 cm³/mol. The predicted octanol–water partition coefficient (Wildman–Crippen LogP) is 2.17. The van der Waals surface area contributed by atoms with Crippen LogP contribution in [0.2, 0.25) is 0 Å². The Morgan fingerprint density at radius 3 is 2.71 bits per heavy atom. The lowest BCUT2D eigenvalue weighted by atomic mass is 9.96. The summed E-state index contributed by atoms with van der Waals surface area (Å²) in [5.74, 6) is -0.0540. The Bertz CT molecular complexity index is 366. The third-order valence-corrected chi connectivity index (χ3v) is 3.37. The number of carbonyl (C=O) groups is 1. The Labute approximate surface area is 102 Å². The van der Waals surface area contributed by atoms with Crippen molar-refractivity contribution in [3.8, 4) is 0 Å². The summed E-state index contributed by atoms with van der Waals surface area (Å²) in [5.41, 5.74) is 2.64. The van der Waals surface area contributed by atoms with Crippen molar-refractivity contribution in [2.75, 3.05) is 13.1 Å². The molecular formula is C14H19NO2. The molecule has 1 aromatic carbocycles. The SMILES string of the molecule is O=C(O)CCCc1ccc(C2CCNC2)cc1. The van der Waals surface area contributed by atoms with E-state index < -0.39 is 5.97 Å². The third kappa shape index (κ3) is 3.56. The van der Waals surface area contributed by atoms with Crippen molar-refractivity contribution < 1.29 is 9.90 Å². The van der Waals surface area contributed by atoms with E-state index in [1.54, 1.807) is 0 Å². The van der Waals surface area contributed by atoms with E-state index in [1.807, 2.05) is 0 Å². The molecule has 1 aliphatic rings. The molecular weight excluding hydrogens is 214 g/mol. The number of carboxylic acid groups (broad SMARTS) is 1. The molecule has 1 aromatic rings. The highest BCUT2D eigenvalue weighted by atomic mass is 16.4. The fourth-order valence-electron chi connectivity index (χ4n) is 2.34. The minimum Gasteiger partial charge on any atom is -0.481 e. The van der Waals surface area contributed by atoms with Crippen molar-refractivity contribution >= 4 is 5.97 Å². The molecule has 1 heterocycles. The van der Waals surface area contributed by atoms with Gasteiger partial charge in [0.05, 0.1) is 0 Å². The zero-order chi connectivity index (χ0) is 12.1. The van der Waals surface area contributed by atoms with Crippen LogP contribution in [0.4, 0.5) is 0 Å². The van der Waals surface area contributed by atoms with Crippen molar-refractivity contribution in [2.45, 2.75) is 31.6 Å². The largest absolute Gasteiger partial charge is 0.481 e. The summed E-state index contributed by atoms with van der Waals surface area (Å²) in [4.78, 5) is 10.4. The highest BCUT2D eigenvalue weighted by molar-refractivity contribution is 5.66. The maximum absolute atomic E-state index is 10.4. The molecule has 2 N–H and O–H groups in total. The number of aryl methyl sites for hydroxylation is 1. The Morgan fingerprint density at radius 2 is 2.12 bits per heavy atom. The molecule has 1 atom stereocenters. The first-order valence-electron chi connectivity index (χ1n) is 6.27. The molecule has 0 spiro atoms. The lowest BCUT2D eigenvalue weighted by molar-refractivity contribution is -0.137. The van der Waals surface area contributed by atoms with Gasteiger partial charge in [0.1, 0.15) is 0 Å². The Morgan fingerprint density at radius 1 is 1.35 bits per heavy atom. The monoisotopic (exact) mass is 233 g/mol. The third-order valence-electron chi connectivity index (χ3n) is 3.37. The number of benzene rings is 1. The molecule has 3 heteroatoms. The maximum atomic E-state index is 10.4. The van der Waals surface area contributed by atoms with Crippen LogP contribution in [0.1, 0.15) is 36.3 Å². The number of aliphatic carboxylic acids is 1. The molecule has 0 bridgehead atoms. The summed E-state index contributed by atoms with van der Waals surface area (Å²) in [7, 11) is 0. The van der Waals surface area contributed by atoms with E-state index in [4.69, 9.17) is 5.11 Å². The van der Waals surface area contributed by atoms with E-state index in [-0.39, 0.29) is 6.42 Å². The van der Waals surface area contributed by atoms with Gasteiger partial charge in [-0.05, 0) is 42.9 Å². The van der Waals surface area contributed by atoms with Gasteiger partial charge in [-0.1, -0.05) is 24.3 Å². The number of carboxylic acids is 1. The lowest BCUT2D eigenvalue weighted by Crippen LogP contribution is -2.07. The van der Waals surface area contributed by atoms with Gasteiger partial charge in [-0.2, -0.15) is 0 Å². The van der Waals surface area contributed by atoms with E-state index >= 15 is 0 Å². The minimum atomic E-state index is -0.710. The standard InChI is InChI=1S/C14H19NO2/c16-14(17)3-1-2-11-4-6-12(7-5-11)13-8-9-15-10-13/h4-7,13,15H,1-3,8-10H2,(H,16,17). The molecule has 0 aromatic heterocycles. The Kier molecular flexibility index (Phi) is 4.15. The van der Waals surface area contributed by atoms with Crippen molar-refractivity contribution in [1.82, 2.24) is 5.32 Å². The van der Waals surface area contributed by atoms with Gasteiger partial charge in [0.2, 0.25) is 0 Å². The second-order valence-electron chi connectivity index (χ2n) is 4.68. The van der Waals surface area contributed by atoms with Gasteiger partial charge in [0, 0.05) is 13.0 Å². The summed E-state index contributed by atoms with van der Waals surface area (Å²) in [6, 6.07) is 8.65. The molecule has 92 valence electrons. The van der Waals surface area contributed by atoms with Crippen LogP contribution < -0.4 is 5.32 Å². The van der Waals surface area contributed by atoms with E-state index in [9.17, 15) is 4.79 Å². The van der Waals surface area contributed by atoms with Crippen LogP contribution in [0.5, 0.6) is 0 Å². The van der Waals surface area contributed by atoms with Crippen LogP contribution >= 0.6 is 0 Å². The average molecular weight is 233 g/mol. The number of hydrogen-bond donors (Lipinski definition) is 2. The first kappa shape index (κ1) is 12.1. The van der Waals surface area contributed by atoms with E-state index in [2.05, 4.69) is 29.6 Å². The van der Waals surface area contributed by atoms with Crippen LogP contribution in [-0.4, -0.2) is 24.2 Å². The van der Waals surface area contributed by atoms with Crippen LogP contribution in [0.25, 0.3) is 0 Å². The van der Waals surface area contributed by atoms with E-state index in [1.165, 1.54) is 17.5 Å². The first-order valence-corrected chi connectivity index (χ1v) is 6.27. The molecule has 0 saturated carbocycles. The van der Waals surface area contributed by atoms with Crippen LogP contribution in [0.3, 0.4) is 0 Å². The molecule has 3 nitrogen and oxygen atoms in total. The van der Waals surface area contributed by atoms with Crippen molar-refractivity contribution in [1.29, 1.82) is 0 Å². The quantitative estimate of drug-likeness (QED) is 0.819. The molecule has 1 aliphatic heterocycles. The zero-order valence-corrected chi connectivity index (χ0v) is 9.98. The highest BCUT2D eigenvalue weighted by Gasteiger charge is 2.15. The van der Waals surface area contributed by atoms with Crippen LogP contribution in [-0.2, 0) is 11.2 Å². The fraction of sp³-hybridized carbons (Fsp3) is 0.500. The number of rotatable bonds is 5. The van der Waals surface area contributed by atoms with Crippen LogP contribution in [0, 0.1) is 0 Å². The lowest BCUT2D eigenvalue weighted by Gasteiger charge is -2.09. The average Bonchev–Trinajstić information content (AvgIpc) is 2.83. The van der Waals surface area contributed by atoms with Gasteiger partial charge in [-0.25, -0.2) is 0 Å². The molecule has 1 saturated heterocycles. The van der Waals surface area contributed by atoms with Gasteiger partial charge in [0.15, 0.2) is 0 Å². The molecule has 0 amide bonds. The van der Waals surface area contributed by atoms with Crippen LogP contribution in [0.15, 0.2) is 24.3 Å². The second kappa shape index (κ2) is 5.82. The highest BCUT2D eigenvalue weighted by Crippen LogP contribution is 2.22. The van der Waals surface area contributed by atoms with Crippen molar-refractivity contribution in [3.05, 3.63) is 35.4 Å². The van der Waals surface area contributed by atoms with Gasteiger partial charge in [-0.3, -0.25) is 4.79 Å². The topological polar surface area (TPSA) is 49.3 Å². The number of hydrogen-bond acceptors (Lipinski definition) is 2. The Balaban J connectivity index is 1.86. The van der Waals surface area contributed by atoms with E-state index in [0.29, 0.717) is 5.92 Å². The molecule has 0 aliphatic carbocycles. The molecule has 0 radical (unpaired) electrons. The fourth-order valence-corrected chi connectivity index (χ4v) is 2.34. The second-order valence-corrected chi connectivity index (χ2v) is 4.68. The normalized spacial score (nSPS) is 19.4. The zero-order valence-electron chi connectivity index (χ0n) is 9.98. The summed E-state index contributed by atoms with van der Waals surface area (Å²) >= 11 is 0. The smallest absolute Gasteiger partial charge is 0.303 e. The van der Waals surface area contributed by atoms with Crippen molar-refractivity contribution in [2.24, 2.45) is 0 Å². The summed E-state index contributed by atoms with van der Waals surface area (Å²) in [6.45, 7) is 2.20. The first-order chi connectivity index (χ1) is 8.25.